The Hall–Kier alpha value is -14.3. The Morgan fingerprint density at radius 2 is 0.967 bits per heavy atom. The summed E-state index contributed by atoms with van der Waals surface area (Å²) in [7, 11) is 0. The summed E-state index contributed by atoms with van der Waals surface area (Å²) in [6.07, 6.45) is 30.7. The molecule has 0 saturated heterocycles. The Bertz CT molecular complexity index is 7330. The fraction of sp³-hybridized carbons (Fsp3) is 0.0787. The standard InChI is InChI=1S/C19H13N5S.C18H13N5S2.C18H11N5S2.C17H16N6S.C17H15N5S/c1-2-5-12(6-3-1)16-17(18-21-11-22-24-18)25-19(23-16)14-9-10-20-15-8-4-7-13(14)15;1-11-14(23-9-10-24-18(23)21-11)17-22-13(12-5-3-2-4-6-12)15(25-17)16-19-7-8-20-16;1-2-4-11(5-3-1)14-16(17-20-10-21-23-17)25-18(22-14)12-6-8-19-13-7-9-24-15(12)13;1-3-23-9-13(11(2)22-23)17-20-14(12-7-5-4-6-8-12)15(24-17)16-18-10-19-21-16;1-3-6-12-15(16-18-8-9-19-16)23-17(20-12)14-11(2)21-22-10-5-4-7-13(14)22/h1-7,9-11H,8H2,(H,21,22,24);2-10H,1H3,(H,19,20);1-10H,(H,20,21,23);4-10H,3H2,1-2H3,(H,18,19,21);3-10H,1-2H3,(H,18,19)/b;;;;6-3+. The molecular weight excluding hydrogens is 1660 g/mol. The highest BCUT2D eigenvalue weighted by Crippen LogP contribution is 2.47. The van der Waals surface area contributed by atoms with Gasteiger partial charge in [-0.15, -0.1) is 79.4 Å². The third-order valence-corrected chi connectivity index (χ3v) is 26.7. The van der Waals surface area contributed by atoms with Gasteiger partial charge in [-0.25, -0.2) is 59.3 Å². The van der Waals surface area contributed by atoms with E-state index in [2.05, 4.69) is 174 Å². The van der Waals surface area contributed by atoms with Gasteiger partial charge in [-0.1, -0.05) is 146 Å². The van der Waals surface area contributed by atoms with Gasteiger partial charge in [0.2, 0.25) is 0 Å². The first-order valence-electron chi connectivity index (χ1n) is 38.5. The van der Waals surface area contributed by atoms with Gasteiger partial charge in [0, 0.05) is 113 Å². The summed E-state index contributed by atoms with van der Waals surface area (Å²) in [4.78, 5) is 72.3. The number of benzene rings is 4. The van der Waals surface area contributed by atoms with E-state index in [1.54, 1.807) is 91.8 Å². The molecule has 0 unspecified atom stereocenters. The lowest BCUT2D eigenvalue weighted by atomic mass is 10.1. The molecule has 18 aromatic heterocycles. The monoisotopic (exact) mass is 1720 g/mol. The molecule has 1 aliphatic rings. The molecule has 0 spiro atoms. The number of allylic oxidation sites excluding steroid dienone is 2. The number of pyridine rings is 3. The number of rotatable bonds is 16. The van der Waals surface area contributed by atoms with Crippen LogP contribution in [0.15, 0.2) is 255 Å². The zero-order valence-corrected chi connectivity index (χ0v) is 71.3. The molecule has 0 fully saturated rings. The van der Waals surface area contributed by atoms with Crippen LogP contribution in [0.5, 0.6) is 0 Å². The smallest absolute Gasteiger partial charge is 0.194 e. The normalized spacial score (nSPS) is 11.6. The summed E-state index contributed by atoms with van der Waals surface area (Å²) >= 11 is 11.4. The Labute approximate surface area is 724 Å². The van der Waals surface area contributed by atoms with Gasteiger partial charge in [-0.2, -0.15) is 25.5 Å². The molecule has 18 heterocycles. The van der Waals surface area contributed by atoms with Crippen molar-refractivity contribution < 1.29 is 0 Å². The van der Waals surface area contributed by atoms with Gasteiger partial charge in [0.15, 0.2) is 22.4 Å². The Balaban J connectivity index is 0.000000100. The molecule has 0 saturated carbocycles. The SMILES string of the molecule is C/C=C/c1nc(-c2c(C)nn3ccccc23)sc1-c1ncc[nH]1.C1=Cc2c(-c3nc(-c4ccccc4)c(-c4ncn[nH]4)s3)ccnc2C1.CCn1cc(-c2nc(-c3ccccc3)c(-c3ncn[nH]3)s2)c(C)n1.Cc1nc2sccn2c1-c1nc(-c2ccccc2)c(-c2ncc[nH]2)s1.c1ccc(-c2nc(-c3ccnc4ccsc34)sc2-c2ncn[nH]2)cc1. The fourth-order valence-corrected chi connectivity index (χ4v) is 21.1. The van der Waals surface area contributed by atoms with Crippen molar-refractivity contribution in [1.29, 1.82) is 0 Å². The molecule has 0 atom stereocenters. The molecule has 1 aliphatic carbocycles. The molecule has 122 heavy (non-hydrogen) atoms. The number of aromatic nitrogens is 26. The zero-order chi connectivity index (χ0) is 82.4. The Morgan fingerprint density at radius 1 is 0.443 bits per heavy atom. The van der Waals surface area contributed by atoms with E-state index in [-0.39, 0.29) is 0 Å². The lowest BCUT2D eigenvalue weighted by Gasteiger charge is -2.03. The van der Waals surface area contributed by atoms with Crippen LogP contribution in [0.4, 0.5) is 0 Å². The van der Waals surface area contributed by atoms with E-state index in [1.807, 2.05) is 201 Å². The van der Waals surface area contributed by atoms with Gasteiger partial charge in [-0.3, -0.25) is 34.3 Å². The van der Waals surface area contributed by atoms with Crippen LogP contribution < -0.4 is 0 Å². The van der Waals surface area contributed by atoms with Crippen LogP contribution in [-0.4, -0.2) is 129 Å². The highest BCUT2D eigenvalue weighted by atomic mass is 32.1. The summed E-state index contributed by atoms with van der Waals surface area (Å²) in [5.41, 5.74) is 21.6. The molecule has 23 rings (SSSR count). The molecule has 596 valence electrons. The van der Waals surface area contributed by atoms with Crippen molar-refractivity contribution in [3.63, 3.8) is 0 Å². The number of hydrogen-bond donors (Lipinski definition) is 5. The van der Waals surface area contributed by atoms with E-state index in [9.17, 15) is 0 Å². The van der Waals surface area contributed by atoms with E-state index in [1.165, 1.54) is 24.5 Å². The molecule has 33 heteroatoms. The van der Waals surface area contributed by atoms with Gasteiger partial charge in [0.25, 0.3) is 0 Å². The van der Waals surface area contributed by atoms with Crippen molar-refractivity contribution in [2.24, 2.45) is 0 Å². The highest BCUT2D eigenvalue weighted by Gasteiger charge is 2.27. The molecule has 5 N–H and O–H groups in total. The molecular formula is C89H68N26S7. The van der Waals surface area contributed by atoms with Crippen LogP contribution in [0.3, 0.4) is 0 Å². The predicted molar refractivity (Wildman–Crippen MR) is 490 cm³/mol. The summed E-state index contributed by atoms with van der Waals surface area (Å²) in [6.45, 7) is 11.0. The Kier molecular flexibility index (Phi) is 22.2. The number of hydrogen-bond acceptors (Lipinski definition) is 25. The number of aryl methyl sites for hydroxylation is 4. The molecule has 4 aromatic carbocycles. The second kappa shape index (κ2) is 34.9. The van der Waals surface area contributed by atoms with Crippen LogP contribution in [-0.2, 0) is 13.0 Å². The topological polar surface area (TPSA) is 325 Å². The highest BCUT2D eigenvalue weighted by molar-refractivity contribution is 7.21. The maximum absolute atomic E-state index is 4.97. The fourth-order valence-electron chi connectivity index (χ4n) is 13.9. The molecule has 0 aliphatic heterocycles. The van der Waals surface area contributed by atoms with Gasteiger partial charge in [0.05, 0.1) is 102 Å². The van der Waals surface area contributed by atoms with Crippen molar-refractivity contribution in [2.45, 2.75) is 47.6 Å². The average molecular weight is 1730 g/mol. The van der Waals surface area contributed by atoms with Crippen LogP contribution in [0, 0.1) is 20.8 Å². The van der Waals surface area contributed by atoms with Crippen molar-refractivity contribution in [3.8, 4) is 152 Å². The summed E-state index contributed by atoms with van der Waals surface area (Å²) < 4.78 is 7.09. The van der Waals surface area contributed by atoms with E-state index in [0.29, 0.717) is 0 Å². The van der Waals surface area contributed by atoms with Gasteiger partial charge in [0.1, 0.15) is 61.4 Å². The van der Waals surface area contributed by atoms with Crippen LogP contribution >= 0.6 is 79.4 Å². The third kappa shape index (κ3) is 15.8. The minimum Gasteiger partial charge on any atom is -0.344 e. The molecule has 26 nitrogen and oxygen atoms in total. The number of thiophene rings is 1. The summed E-state index contributed by atoms with van der Waals surface area (Å²) in [5.74, 6) is 3.89. The quantitative estimate of drug-likeness (QED) is 0.0600. The average Bonchev–Trinajstić information content (AvgIpc) is 1.59. The second-order valence-electron chi connectivity index (χ2n) is 27.3. The van der Waals surface area contributed by atoms with Crippen LogP contribution in [0.25, 0.3) is 184 Å². The molecule has 22 aromatic rings. The largest absolute Gasteiger partial charge is 0.344 e. The van der Waals surface area contributed by atoms with Gasteiger partial charge >= 0.3 is 0 Å². The van der Waals surface area contributed by atoms with Crippen molar-refractivity contribution in [2.75, 3.05) is 0 Å². The minimum absolute atomic E-state index is 0.734. The molecule has 0 amide bonds. The molecule has 0 radical (unpaired) electrons. The number of H-pyrrole nitrogens is 5. The number of nitrogens with zero attached hydrogens (tertiary/aromatic N) is 21. The lowest BCUT2D eigenvalue weighted by molar-refractivity contribution is 0.653. The first-order chi connectivity index (χ1) is 60.1. The maximum Gasteiger partial charge on any atom is 0.194 e. The summed E-state index contributed by atoms with van der Waals surface area (Å²) in [5, 5.41) is 38.8. The van der Waals surface area contributed by atoms with Gasteiger partial charge < -0.3 is 9.97 Å². The maximum atomic E-state index is 4.97. The second-order valence-corrected chi connectivity index (χ2v) is 34.0. The predicted octanol–water partition coefficient (Wildman–Crippen LogP) is 22.0. The lowest BCUT2D eigenvalue weighted by Crippen LogP contribution is -1.93. The number of imidazole rings is 3. The third-order valence-electron chi connectivity index (χ3n) is 19.5. The van der Waals surface area contributed by atoms with Crippen molar-refractivity contribution in [3.05, 3.63) is 289 Å². The number of aromatic amines is 5. The molecule has 0 bridgehead atoms. The number of fused-ring (bicyclic) bond motifs is 4. The zero-order valence-electron chi connectivity index (χ0n) is 65.6. The summed E-state index contributed by atoms with van der Waals surface area (Å²) in [6, 6.07) is 52.9. The van der Waals surface area contributed by atoms with E-state index >= 15 is 0 Å². The number of thiazole rings is 6. The van der Waals surface area contributed by atoms with E-state index in [0.717, 1.165) is 214 Å². The van der Waals surface area contributed by atoms with Crippen LogP contribution in [0.2, 0.25) is 0 Å². The first-order valence-corrected chi connectivity index (χ1v) is 44.3. The van der Waals surface area contributed by atoms with Crippen molar-refractivity contribution in [1.82, 2.24) is 129 Å². The minimum atomic E-state index is 0.734. The van der Waals surface area contributed by atoms with E-state index in [4.69, 9.17) is 24.9 Å². The van der Waals surface area contributed by atoms with Crippen LogP contribution in [0.1, 0.15) is 47.9 Å². The van der Waals surface area contributed by atoms with E-state index < -0.39 is 0 Å². The number of nitrogens with one attached hydrogen (secondary N) is 5. The van der Waals surface area contributed by atoms with Gasteiger partial charge in [-0.05, 0) is 76.4 Å². The first kappa shape index (κ1) is 77.6. The van der Waals surface area contributed by atoms with Crippen molar-refractivity contribution >= 4 is 112 Å². The Morgan fingerprint density at radius 3 is 1.52 bits per heavy atom.